The van der Waals surface area contributed by atoms with E-state index in [1.54, 1.807) is 12.1 Å². The fraction of sp³-hybridized carbons (Fsp3) is 0.680. The van der Waals surface area contributed by atoms with Crippen molar-refractivity contribution < 1.29 is 23.5 Å². The van der Waals surface area contributed by atoms with E-state index in [0.717, 1.165) is 26.1 Å². The molecule has 9 heteroatoms. The lowest BCUT2D eigenvalue weighted by atomic mass is 9.87. The molecule has 188 valence electrons. The summed E-state index contributed by atoms with van der Waals surface area (Å²) in [6.07, 6.45) is 1.73. The van der Waals surface area contributed by atoms with E-state index in [2.05, 4.69) is 4.90 Å². The van der Waals surface area contributed by atoms with Gasteiger partial charge in [0.25, 0.3) is 0 Å². The summed E-state index contributed by atoms with van der Waals surface area (Å²) in [4.78, 5) is 31.9. The third kappa shape index (κ3) is 6.08. The van der Waals surface area contributed by atoms with Gasteiger partial charge >= 0.3 is 5.97 Å². The lowest BCUT2D eigenvalue weighted by Crippen LogP contribution is -2.52. The lowest BCUT2D eigenvalue weighted by molar-refractivity contribution is -0.149. The molecule has 3 saturated heterocycles. The van der Waals surface area contributed by atoms with E-state index in [-0.39, 0.29) is 42.2 Å². The number of ether oxygens (including phenoxy) is 2. The van der Waals surface area contributed by atoms with Gasteiger partial charge in [-0.05, 0) is 44.4 Å². The van der Waals surface area contributed by atoms with Crippen LogP contribution in [0.4, 0.5) is 4.39 Å². The predicted octanol–water partition coefficient (Wildman–Crippen LogP) is 2.77. The molecule has 7 nitrogen and oxygen atoms in total. The maximum absolute atomic E-state index is 14.9. The zero-order chi connectivity index (χ0) is 24.2. The molecule has 0 N–H and O–H groups in total. The minimum absolute atomic E-state index is 0.0679. The monoisotopic (exact) mass is 495 g/mol. The average molecular weight is 496 g/mol. The molecule has 1 amide bonds. The van der Waals surface area contributed by atoms with Gasteiger partial charge in [-0.15, -0.1) is 0 Å². The minimum Gasteiger partial charge on any atom is -0.462 e. The van der Waals surface area contributed by atoms with Gasteiger partial charge in [0.05, 0.1) is 18.6 Å². The smallest absolute Gasteiger partial charge is 0.320 e. The van der Waals surface area contributed by atoms with Crippen molar-refractivity contribution in [2.45, 2.75) is 44.8 Å². The molecule has 0 bridgehead atoms. The maximum atomic E-state index is 14.9. The van der Waals surface area contributed by atoms with Crippen molar-refractivity contribution in [3.8, 4) is 0 Å². The number of likely N-dealkylation sites (tertiary alicyclic amines) is 1. The Morgan fingerprint density at radius 3 is 2.50 bits per heavy atom. The van der Waals surface area contributed by atoms with E-state index in [4.69, 9.17) is 21.1 Å². The standard InChI is InChI=1S/C25H35ClFN3O4/c1-17(2)34-24(31)16-28-7-9-29(10-8-28)25(32)22-15-30(19-5-11-33-12-6-19)14-21(22)20-4-3-18(26)13-23(20)27/h3-4,13,17,19,21-22H,5-12,14-16H2,1-2H3/t21-,22?/m0/s1. The molecule has 0 aliphatic carbocycles. The first kappa shape index (κ1) is 25.4. The normalized spacial score (nSPS) is 25.1. The van der Waals surface area contributed by atoms with E-state index in [1.807, 2.05) is 23.6 Å². The van der Waals surface area contributed by atoms with Gasteiger partial charge in [0.1, 0.15) is 5.82 Å². The number of rotatable bonds is 6. The highest BCUT2D eigenvalue weighted by Gasteiger charge is 2.44. The van der Waals surface area contributed by atoms with Crippen molar-refractivity contribution >= 4 is 23.5 Å². The number of halogens is 2. The fourth-order valence-corrected chi connectivity index (χ4v) is 5.55. The summed E-state index contributed by atoms with van der Waals surface area (Å²) >= 11 is 6.00. The predicted molar refractivity (Wildman–Crippen MR) is 127 cm³/mol. The van der Waals surface area contributed by atoms with Crippen LogP contribution in [0.1, 0.15) is 38.2 Å². The Hall–Kier alpha value is -1.74. The van der Waals surface area contributed by atoms with Crippen LogP contribution < -0.4 is 0 Å². The Morgan fingerprint density at radius 2 is 1.85 bits per heavy atom. The highest BCUT2D eigenvalue weighted by molar-refractivity contribution is 6.30. The molecule has 2 atom stereocenters. The van der Waals surface area contributed by atoms with Crippen molar-refractivity contribution in [2.24, 2.45) is 5.92 Å². The zero-order valence-electron chi connectivity index (χ0n) is 20.1. The largest absolute Gasteiger partial charge is 0.462 e. The van der Waals surface area contributed by atoms with Gasteiger partial charge in [-0.2, -0.15) is 0 Å². The Morgan fingerprint density at radius 1 is 1.15 bits per heavy atom. The highest BCUT2D eigenvalue weighted by atomic mass is 35.5. The zero-order valence-corrected chi connectivity index (χ0v) is 20.8. The van der Waals surface area contributed by atoms with Crippen molar-refractivity contribution in [3.05, 3.63) is 34.6 Å². The summed E-state index contributed by atoms with van der Waals surface area (Å²) < 4.78 is 25.7. The van der Waals surface area contributed by atoms with Crippen LogP contribution in [0.15, 0.2) is 18.2 Å². The van der Waals surface area contributed by atoms with Crippen LogP contribution >= 0.6 is 11.6 Å². The van der Waals surface area contributed by atoms with Crippen molar-refractivity contribution in [1.82, 2.24) is 14.7 Å². The van der Waals surface area contributed by atoms with Crippen LogP contribution in [-0.4, -0.2) is 97.7 Å². The second-order valence-corrected chi connectivity index (χ2v) is 10.3. The number of esters is 1. The van der Waals surface area contributed by atoms with Gasteiger partial charge in [-0.25, -0.2) is 4.39 Å². The molecule has 0 radical (unpaired) electrons. The number of carbonyl (C=O) groups excluding carboxylic acids is 2. The molecule has 3 aliphatic heterocycles. The Kier molecular flexibility index (Phi) is 8.45. The first-order chi connectivity index (χ1) is 16.3. The highest BCUT2D eigenvalue weighted by Crippen LogP contribution is 2.38. The third-order valence-corrected chi connectivity index (χ3v) is 7.37. The molecule has 1 unspecified atom stereocenters. The SMILES string of the molecule is CC(C)OC(=O)CN1CCN(C(=O)C2CN(C3CCOCC3)C[C@H]2c2ccc(Cl)cc2F)CC1. The lowest BCUT2D eigenvalue weighted by Gasteiger charge is -2.36. The summed E-state index contributed by atoms with van der Waals surface area (Å²) in [5.41, 5.74) is 0.562. The van der Waals surface area contributed by atoms with Crippen LogP contribution in [0.3, 0.4) is 0 Å². The van der Waals surface area contributed by atoms with Gasteiger partial charge in [0.15, 0.2) is 0 Å². The number of piperazine rings is 1. The van der Waals surface area contributed by atoms with Gasteiger partial charge in [-0.3, -0.25) is 19.4 Å². The van der Waals surface area contributed by atoms with Gasteiger partial charge < -0.3 is 14.4 Å². The Bertz CT molecular complexity index is 872. The van der Waals surface area contributed by atoms with Crippen LogP contribution in [0.2, 0.25) is 5.02 Å². The van der Waals surface area contributed by atoms with Crippen molar-refractivity contribution in [3.63, 3.8) is 0 Å². The molecule has 0 saturated carbocycles. The van der Waals surface area contributed by atoms with E-state index in [9.17, 15) is 14.0 Å². The number of nitrogens with zero attached hydrogens (tertiary/aromatic N) is 3. The first-order valence-electron chi connectivity index (χ1n) is 12.3. The topological polar surface area (TPSA) is 62.3 Å². The number of carbonyl (C=O) groups is 2. The van der Waals surface area contributed by atoms with Crippen LogP contribution in [0.5, 0.6) is 0 Å². The summed E-state index contributed by atoms with van der Waals surface area (Å²) in [7, 11) is 0. The van der Waals surface area contributed by atoms with Gasteiger partial charge in [-0.1, -0.05) is 17.7 Å². The first-order valence-corrected chi connectivity index (χ1v) is 12.7. The maximum Gasteiger partial charge on any atom is 0.320 e. The second-order valence-electron chi connectivity index (χ2n) is 9.82. The van der Waals surface area contributed by atoms with E-state index in [0.29, 0.717) is 55.9 Å². The molecular weight excluding hydrogens is 461 g/mol. The van der Waals surface area contributed by atoms with E-state index < -0.39 is 0 Å². The molecule has 0 aromatic heterocycles. The number of amides is 1. The summed E-state index contributed by atoms with van der Waals surface area (Å²) in [5, 5.41) is 0.357. The van der Waals surface area contributed by atoms with Crippen LogP contribution in [0.25, 0.3) is 0 Å². The molecule has 3 fully saturated rings. The molecule has 1 aromatic carbocycles. The van der Waals surface area contributed by atoms with E-state index in [1.165, 1.54) is 6.07 Å². The molecule has 34 heavy (non-hydrogen) atoms. The summed E-state index contributed by atoms with van der Waals surface area (Å²) in [6.45, 7) is 8.97. The minimum atomic E-state index is -0.349. The van der Waals surface area contributed by atoms with Crippen molar-refractivity contribution in [1.29, 1.82) is 0 Å². The van der Waals surface area contributed by atoms with E-state index >= 15 is 0 Å². The number of hydrogen-bond donors (Lipinski definition) is 0. The fourth-order valence-electron chi connectivity index (χ4n) is 5.39. The van der Waals surface area contributed by atoms with Gasteiger partial charge in [0.2, 0.25) is 5.91 Å². The van der Waals surface area contributed by atoms with Crippen LogP contribution in [-0.2, 0) is 19.1 Å². The molecule has 3 heterocycles. The molecular formula is C25H35ClFN3O4. The molecule has 4 rings (SSSR count). The molecule has 1 aromatic rings. The Labute approximate surface area is 206 Å². The second kappa shape index (κ2) is 11.3. The van der Waals surface area contributed by atoms with Crippen molar-refractivity contribution in [2.75, 3.05) is 59.0 Å². The quantitative estimate of drug-likeness (QED) is 0.566. The number of hydrogen-bond acceptors (Lipinski definition) is 6. The van der Waals surface area contributed by atoms with Gasteiger partial charge in [0, 0.05) is 69.5 Å². The number of benzene rings is 1. The third-order valence-electron chi connectivity index (χ3n) is 7.14. The van der Waals surface area contributed by atoms with Crippen LogP contribution in [0, 0.1) is 11.7 Å². The average Bonchev–Trinajstić information content (AvgIpc) is 3.24. The summed E-state index contributed by atoms with van der Waals surface area (Å²) in [5.74, 6) is -1.05. The molecule has 0 spiro atoms. The Balaban J connectivity index is 1.44. The summed E-state index contributed by atoms with van der Waals surface area (Å²) in [6, 6.07) is 5.13. The molecule has 3 aliphatic rings.